The molecule has 1 heterocycles. The van der Waals surface area contributed by atoms with Crippen molar-refractivity contribution in [1.82, 2.24) is 9.55 Å². The van der Waals surface area contributed by atoms with E-state index in [4.69, 9.17) is 4.74 Å². The van der Waals surface area contributed by atoms with Gasteiger partial charge in [-0.15, -0.1) is 0 Å². The fraction of sp³-hybridized carbons (Fsp3) is 0.333. The van der Waals surface area contributed by atoms with Gasteiger partial charge < -0.3 is 10.1 Å². The molecule has 0 unspecified atom stereocenters. The lowest BCUT2D eigenvalue weighted by atomic mass is 10.2. The number of hydrogen-bond donors (Lipinski definition) is 2. The molecule has 0 spiro atoms. The smallest absolute Gasteiger partial charge is 0.330 e. The fourth-order valence-electron chi connectivity index (χ4n) is 2.03. The minimum Gasteiger partial charge on any atom is -0.497 e. The summed E-state index contributed by atoms with van der Waals surface area (Å²) in [5, 5.41) is 3.04. The van der Waals surface area contributed by atoms with E-state index in [1.807, 2.05) is 24.3 Å². The Bertz CT molecular complexity index is 683. The number of hydrogen-bond acceptors (Lipinski definition) is 4. The van der Waals surface area contributed by atoms with Crippen molar-refractivity contribution in [2.75, 3.05) is 12.4 Å². The minimum atomic E-state index is -0.408. The monoisotopic (exact) mass is 289 g/mol. The highest BCUT2D eigenvalue weighted by molar-refractivity contribution is 5.35. The topological polar surface area (TPSA) is 76.1 Å². The van der Waals surface area contributed by atoms with Crippen molar-refractivity contribution < 1.29 is 4.74 Å². The number of methoxy groups -OCH3 is 1. The molecule has 0 atom stereocenters. The van der Waals surface area contributed by atoms with Crippen molar-refractivity contribution in [2.45, 2.75) is 26.4 Å². The van der Waals surface area contributed by atoms with E-state index in [1.54, 1.807) is 21.0 Å². The summed E-state index contributed by atoms with van der Waals surface area (Å²) < 4.78 is 6.27. The maximum Gasteiger partial charge on any atom is 0.330 e. The van der Waals surface area contributed by atoms with Crippen LogP contribution in [0.4, 0.5) is 5.82 Å². The number of nitrogens with one attached hydrogen (secondary N) is 2. The Labute approximate surface area is 122 Å². The molecule has 0 saturated heterocycles. The summed E-state index contributed by atoms with van der Waals surface area (Å²) in [4.78, 5) is 26.4. The summed E-state index contributed by atoms with van der Waals surface area (Å²) in [6.45, 7) is 4.09. The highest BCUT2D eigenvalue weighted by atomic mass is 16.5. The molecule has 1 aromatic heterocycles. The Morgan fingerprint density at radius 1 is 1.24 bits per heavy atom. The van der Waals surface area contributed by atoms with Gasteiger partial charge in [0.15, 0.2) is 0 Å². The van der Waals surface area contributed by atoms with Gasteiger partial charge in [-0.2, -0.15) is 0 Å². The van der Waals surface area contributed by atoms with E-state index in [2.05, 4.69) is 10.3 Å². The highest BCUT2D eigenvalue weighted by Gasteiger charge is 2.07. The summed E-state index contributed by atoms with van der Waals surface area (Å²) in [6.07, 6.45) is 0. The van der Waals surface area contributed by atoms with Crippen LogP contribution in [0.5, 0.6) is 5.75 Å². The van der Waals surface area contributed by atoms with Gasteiger partial charge in [0.1, 0.15) is 11.6 Å². The normalized spacial score (nSPS) is 10.7. The molecule has 1 aromatic carbocycles. The van der Waals surface area contributed by atoms with Crippen LogP contribution in [-0.4, -0.2) is 16.7 Å². The first-order chi connectivity index (χ1) is 10.0. The van der Waals surface area contributed by atoms with Crippen molar-refractivity contribution in [3.63, 3.8) is 0 Å². The van der Waals surface area contributed by atoms with Crippen LogP contribution in [0.2, 0.25) is 0 Å². The second kappa shape index (κ2) is 6.30. The number of anilines is 1. The van der Waals surface area contributed by atoms with Crippen LogP contribution >= 0.6 is 0 Å². The van der Waals surface area contributed by atoms with Crippen molar-refractivity contribution in [1.29, 1.82) is 0 Å². The van der Waals surface area contributed by atoms with Gasteiger partial charge in [0.05, 0.1) is 7.11 Å². The molecule has 6 nitrogen and oxygen atoms in total. The van der Waals surface area contributed by atoms with E-state index in [1.165, 1.54) is 10.6 Å². The zero-order chi connectivity index (χ0) is 15.4. The standard InChI is InChI=1S/C15H19N3O3/c1-10(2)18-14(19)8-13(17-15(18)20)16-9-11-4-6-12(21-3)7-5-11/h4-8,10,16H,9H2,1-3H3,(H,17,20). The SMILES string of the molecule is COc1ccc(CNc2cc(=O)n(C(C)C)c(=O)[nH]2)cc1. The van der Waals surface area contributed by atoms with Crippen molar-refractivity contribution in [3.8, 4) is 5.75 Å². The molecular formula is C15H19N3O3. The molecule has 6 heteroatoms. The largest absolute Gasteiger partial charge is 0.497 e. The summed E-state index contributed by atoms with van der Waals surface area (Å²) in [5.74, 6) is 1.20. The Morgan fingerprint density at radius 2 is 1.90 bits per heavy atom. The highest BCUT2D eigenvalue weighted by Crippen LogP contribution is 2.12. The molecule has 0 aliphatic rings. The van der Waals surface area contributed by atoms with Crippen LogP contribution in [0.3, 0.4) is 0 Å². The number of ether oxygens (including phenoxy) is 1. The predicted octanol–water partition coefficient (Wildman–Crippen LogP) is 1.74. The van der Waals surface area contributed by atoms with E-state index < -0.39 is 5.69 Å². The van der Waals surface area contributed by atoms with Gasteiger partial charge in [0.25, 0.3) is 5.56 Å². The summed E-state index contributed by atoms with van der Waals surface area (Å²) in [7, 11) is 1.61. The number of nitrogens with zero attached hydrogens (tertiary/aromatic N) is 1. The molecule has 2 aromatic rings. The lowest BCUT2D eigenvalue weighted by Gasteiger charge is -2.11. The second-order valence-corrected chi connectivity index (χ2v) is 4.99. The van der Waals surface area contributed by atoms with Gasteiger partial charge in [-0.25, -0.2) is 4.79 Å². The maximum absolute atomic E-state index is 11.9. The van der Waals surface area contributed by atoms with E-state index in [9.17, 15) is 9.59 Å². The zero-order valence-corrected chi connectivity index (χ0v) is 12.3. The van der Waals surface area contributed by atoms with Gasteiger partial charge in [0, 0.05) is 18.7 Å². The first-order valence-corrected chi connectivity index (χ1v) is 6.74. The number of H-pyrrole nitrogens is 1. The first kappa shape index (κ1) is 14.9. The second-order valence-electron chi connectivity index (χ2n) is 4.99. The van der Waals surface area contributed by atoms with E-state index in [0.29, 0.717) is 12.4 Å². The van der Waals surface area contributed by atoms with Gasteiger partial charge in [-0.3, -0.25) is 14.3 Å². The molecule has 0 aliphatic heterocycles. The first-order valence-electron chi connectivity index (χ1n) is 6.74. The lowest BCUT2D eigenvalue weighted by molar-refractivity contribution is 0.414. The lowest BCUT2D eigenvalue weighted by Crippen LogP contribution is -2.36. The third kappa shape index (κ3) is 3.53. The average Bonchev–Trinajstić information content (AvgIpc) is 2.44. The fourth-order valence-corrected chi connectivity index (χ4v) is 2.03. The summed E-state index contributed by atoms with van der Waals surface area (Å²) in [6, 6.07) is 8.77. The van der Waals surface area contributed by atoms with E-state index in [0.717, 1.165) is 11.3 Å². The molecular weight excluding hydrogens is 270 g/mol. The van der Waals surface area contributed by atoms with Crippen molar-refractivity contribution in [3.05, 3.63) is 56.7 Å². The Balaban J connectivity index is 2.13. The predicted molar refractivity (Wildman–Crippen MR) is 82.0 cm³/mol. The molecule has 0 amide bonds. The van der Waals surface area contributed by atoms with Crippen LogP contribution in [0.15, 0.2) is 39.9 Å². The molecule has 2 N–H and O–H groups in total. The van der Waals surface area contributed by atoms with E-state index in [-0.39, 0.29) is 11.6 Å². The third-order valence-electron chi connectivity index (χ3n) is 3.12. The Hall–Kier alpha value is -2.50. The van der Waals surface area contributed by atoms with Crippen molar-refractivity contribution in [2.24, 2.45) is 0 Å². The van der Waals surface area contributed by atoms with Crippen LogP contribution in [0.25, 0.3) is 0 Å². The van der Waals surface area contributed by atoms with Crippen LogP contribution in [0.1, 0.15) is 25.5 Å². The Kier molecular flexibility index (Phi) is 4.47. The molecule has 0 aliphatic carbocycles. The number of benzene rings is 1. The molecule has 21 heavy (non-hydrogen) atoms. The minimum absolute atomic E-state index is 0.170. The number of aromatic amines is 1. The van der Waals surface area contributed by atoms with Gasteiger partial charge in [0.2, 0.25) is 0 Å². The summed E-state index contributed by atoms with van der Waals surface area (Å²) >= 11 is 0. The van der Waals surface area contributed by atoms with Crippen molar-refractivity contribution >= 4 is 5.82 Å². The summed E-state index contributed by atoms with van der Waals surface area (Å²) in [5.41, 5.74) is 0.297. The molecule has 0 bridgehead atoms. The number of aromatic nitrogens is 2. The maximum atomic E-state index is 11.9. The van der Waals surface area contributed by atoms with Gasteiger partial charge >= 0.3 is 5.69 Å². The van der Waals surface area contributed by atoms with Crippen LogP contribution in [0, 0.1) is 0 Å². The molecule has 0 fully saturated rings. The average molecular weight is 289 g/mol. The molecule has 0 radical (unpaired) electrons. The number of rotatable bonds is 5. The molecule has 112 valence electrons. The van der Waals surface area contributed by atoms with Crippen LogP contribution < -0.4 is 21.3 Å². The third-order valence-corrected chi connectivity index (χ3v) is 3.12. The molecule has 0 saturated carbocycles. The quantitative estimate of drug-likeness (QED) is 0.879. The Morgan fingerprint density at radius 3 is 2.43 bits per heavy atom. The van der Waals surface area contributed by atoms with Gasteiger partial charge in [-0.1, -0.05) is 12.1 Å². The van der Waals surface area contributed by atoms with E-state index >= 15 is 0 Å². The molecule has 2 rings (SSSR count). The van der Waals surface area contributed by atoms with Crippen LogP contribution in [-0.2, 0) is 6.54 Å². The van der Waals surface area contributed by atoms with Gasteiger partial charge in [-0.05, 0) is 31.5 Å². The zero-order valence-electron chi connectivity index (χ0n) is 12.3.